The zero-order valence-electron chi connectivity index (χ0n) is 12.0. The maximum atomic E-state index is 11.7. The van der Waals surface area contributed by atoms with E-state index in [1.54, 1.807) is 11.8 Å². The van der Waals surface area contributed by atoms with Crippen molar-refractivity contribution in [3.05, 3.63) is 11.4 Å². The van der Waals surface area contributed by atoms with Crippen LogP contribution in [0.5, 0.6) is 0 Å². The average molecular weight is 283 g/mol. The minimum atomic E-state index is -0.747. The molecule has 7 heteroatoms. The summed E-state index contributed by atoms with van der Waals surface area (Å²) < 4.78 is 11.4. The van der Waals surface area contributed by atoms with Crippen molar-refractivity contribution < 1.29 is 19.4 Å². The van der Waals surface area contributed by atoms with Crippen molar-refractivity contribution in [2.24, 2.45) is 0 Å². The maximum Gasteiger partial charge on any atom is 0.360 e. The number of rotatable bonds is 6. The van der Waals surface area contributed by atoms with Gasteiger partial charge in [-0.3, -0.25) is 0 Å². The Balaban J connectivity index is 2.22. The molecule has 0 spiro atoms. The van der Waals surface area contributed by atoms with Crippen LogP contribution in [0.2, 0.25) is 0 Å². The van der Waals surface area contributed by atoms with Crippen molar-refractivity contribution >= 4 is 5.97 Å². The molecule has 1 heterocycles. The Morgan fingerprint density at radius 3 is 2.70 bits per heavy atom. The monoisotopic (exact) mass is 283 g/mol. The number of esters is 1. The van der Waals surface area contributed by atoms with Gasteiger partial charge in [0.1, 0.15) is 0 Å². The van der Waals surface area contributed by atoms with Gasteiger partial charge >= 0.3 is 5.97 Å². The van der Waals surface area contributed by atoms with Crippen LogP contribution >= 0.6 is 0 Å². The van der Waals surface area contributed by atoms with E-state index in [2.05, 4.69) is 10.3 Å². The number of aromatic nitrogens is 3. The fraction of sp³-hybridized carbons (Fsp3) is 0.769. The molecule has 20 heavy (non-hydrogen) atoms. The van der Waals surface area contributed by atoms with E-state index < -0.39 is 11.6 Å². The van der Waals surface area contributed by atoms with Gasteiger partial charge in [-0.2, -0.15) is 0 Å². The fourth-order valence-corrected chi connectivity index (χ4v) is 2.63. The normalized spacial score (nSPS) is 17.4. The van der Waals surface area contributed by atoms with E-state index in [1.165, 1.54) is 7.11 Å². The number of methoxy groups -OCH3 is 2. The second kappa shape index (κ2) is 6.32. The highest BCUT2D eigenvalue weighted by Gasteiger charge is 2.33. The summed E-state index contributed by atoms with van der Waals surface area (Å²) in [4.78, 5) is 11.7. The largest absolute Gasteiger partial charge is 0.464 e. The predicted molar refractivity (Wildman–Crippen MR) is 70.4 cm³/mol. The van der Waals surface area contributed by atoms with Crippen molar-refractivity contribution in [3.63, 3.8) is 0 Å². The summed E-state index contributed by atoms with van der Waals surface area (Å²) in [5, 5.41) is 18.3. The van der Waals surface area contributed by atoms with E-state index in [0.717, 1.165) is 25.7 Å². The summed E-state index contributed by atoms with van der Waals surface area (Å²) in [6.07, 6.45) is 4.04. The highest BCUT2D eigenvalue weighted by molar-refractivity contribution is 5.88. The Morgan fingerprint density at radius 1 is 1.40 bits per heavy atom. The molecule has 0 aliphatic heterocycles. The molecule has 0 bridgehead atoms. The van der Waals surface area contributed by atoms with E-state index in [9.17, 15) is 9.90 Å². The summed E-state index contributed by atoms with van der Waals surface area (Å²) in [5.74, 6) is -0.513. The fourth-order valence-electron chi connectivity index (χ4n) is 2.63. The van der Waals surface area contributed by atoms with E-state index in [-0.39, 0.29) is 5.69 Å². The van der Waals surface area contributed by atoms with E-state index in [0.29, 0.717) is 25.3 Å². The molecule has 1 aromatic heterocycles. The SMILES string of the molecule is COCCc1c(C(=O)OC)nnn1CC1(O)CCCC1. The maximum absolute atomic E-state index is 11.7. The third kappa shape index (κ3) is 3.16. The summed E-state index contributed by atoms with van der Waals surface area (Å²) in [6, 6.07) is 0. The van der Waals surface area contributed by atoms with E-state index in [1.807, 2.05) is 0 Å². The summed E-state index contributed by atoms with van der Waals surface area (Å²) in [5.41, 5.74) is 0.105. The topological polar surface area (TPSA) is 86.5 Å². The lowest BCUT2D eigenvalue weighted by Gasteiger charge is -2.22. The van der Waals surface area contributed by atoms with Gasteiger partial charge in [0.15, 0.2) is 5.69 Å². The van der Waals surface area contributed by atoms with Gasteiger partial charge in [0.25, 0.3) is 0 Å². The molecule has 0 unspecified atom stereocenters. The molecule has 1 aliphatic carbocycles. The van der Waals surface area contributed by atoms with Crippen molar-refractivity contribution in [1.82, 2.24) is 15.0 Å². The lowest BCUT2D eigenvalue weighted by atomic mass is 10.0. The van der Waals surface area contributed by atoms with Crippen LogP contribution in [0.25, 0.3) is 0 Å². The molecule has 0 radical (unpaired) electrons. The molecule has 0 saturated heterocycles. The zero-order chi connectivity index (χ0) is 14.6. The third-order valence-corrected chi connectivity index (χ3v) is 3.74. The van der Waals surface area contributed by atoms with Crippen LogP contribution < -0.4 is 0 Å². The van der Waals surface area contributed by atoms with Gasteiger partial charge in [0, 0.05) is 13.5 Å². The van der Waals surface area contributed by atoms with Crippen LogP contribution in [0.15, 0.2) is 0 Å². The quantitative estimate of drug-likeness (QED) is 0.768. The smallest absolute Gasteiger partial charge is 0.360 e. The number of aliphatic hydroxyl groups is 1. The van der Waals surface area contributed by atoms with Gasteiger partial charge in [-0.1, -0.05) is 18.1 Å². The van der Waals surface area contributed by atoms with Gasteiger partial charge in [-0.25, -0.2) is 9.48 Å². The number of nitrogens with zero attached hydrogens (tertiary/aromatic N) is 3. The van der Waals surface area contributed by atoms with Crippen molar-refractivity contribution in [3.8, 4) is 0 Å². The number of carbonyl (C=O) groups excluding carboxylic acids is 1. The summed E-state index contributed by atoms with van der Waals surface area (Å²) >= 11 is 0. The number of hydrogen-bond donors (Lipinski definition) is 1. The average Bonchev–Trinajstić information content (AvgIpc) is 3.03. The highest BCUT2D eigenvalue weighted by atomic mass is 16.5. The predicted octanol–water partition coefficient (Wildman–Crippen LogP) is 0.559. The molecule has 1 aromatic rings. The second-order valence-corrected chi connectivity index (χ2v) is 5.21. The Hall–Kier alpha value is -1.47. The minimum absolute atomic E-state index is 0.200. The van der Waals surface area contributed by atoms with Crippen LogP contribution in [0, 0.1) is 0 Å². The van der Waals surface area contributed by atoms with Crippen LogP contribution in [-0.2, 0) is 22.4 Å². The van der Waals surface area contributed by atoms with Gasteiger partial charge < -0.3 is 14.6 Å². The third-order valence-electron chi connectivity index (χ3n) is 3.74. The first kappa shape index (κ1) is 14.9. The van der Waals surface area contributed by atoms with Crippen LogP contribution in [0.1, 0.15) is 41.9 Å². The molecule has 112 valence electrons. The lowest BCUT2D eigenvalue weighted by Crippen LogP contribution is -2.32. The molecule has 2 rings (SSSR count). The van der Waals surface area contributed by atoms with Crippen molar-refractivity contribution in [2.75, 3.05) is 20.8 Å². The second-order valence-electron chi connectivity index (χ2n) is 5.21. The molecule has 0 aromatic carbocycles. The Morgan fingerprint density at radius 2 is 2.10 bits per heavy atom. The van der Waals surface area contributed by atoms with E-state index in [4.69, 9.17) is 9.47 Å². The number of carbonyl (C=O) groups is 1. The standard InChI is InChI=1S/C13H21N3O4/c1-19-8-5-10-11(12(17)20-2)14-15-16(10)9-13(18)6-3-4-7-13/h18H,3-9H2,1-2H3. The first-order valence-corrected chi connectivity index (χ1v) is 6.81. The zero-order valence-corrected chi connectivity index (χ0v) is 12.0. The van der Waals surface area contributed by atoms with Crippen LogP contribution in [-0.4, -0.2) is 52.5 Å². The summed E-state index contributed by atoms with van der Waals surface area (Å²) in [7, 11) is 2.91. The highest BCUT2D eigenvalue weighted by Crippen LogP contribution is 2.31. The van der Waals surface area contributed by atoms with Gasteiger partial charge in [0.05, 0.1) is 31.6 Å². The van der Waals surface area contributed by atoms with E-state index >= 15 is 0 Å². The molecule has 1 saturated carbocycles. The summed E-state index contributed by atoms with van der Waals surface area (Å²) in [6.45, 7) is 0.811. The molecule has 0 atom stereocenters. The van der Waals surface area contributed by atoms with Crippen molar-refractivity contribution in [2.45, 2.75) is 44.2 Å². The first-order valence-electron chi connectivity index (χ1n) is 6.81. The Kier molecular flexibility index (Phi) is 4.72. The molecule has 1 aliphatic rings. The van der Waals surface area contributed by atoms with Gasteiger partial charge in [-0.15, -0.1) is 5.10 Å². The Labute approximate surface area is 117 Å². The number of hydrogen-bond acceptors (Lipinski definition) is 6. The van der Waals surface area contributed by atoms with Crippen molar-refractivity contribution in [1.29, 1.82) is 0 Å². The van der Waals surface area contributed by atoms with Crippen LogP contribution in [0.3, 0.4) is 0 Å². The van der Waals surface area contributed by atoms with Gasteiger partial charge in [-0.05, 0) is 12.8 Å². The van der Waals surface area contributed by atoms with Gasteiger partial charge in [0.2, 0.25) is 0 Å². The molecule has 0 amide bonds. The van der Waals surface area contributed by atoms with Crippen LogP contribution in [0.4, 0.5) is 0 Å². The molecule has 7 nitrogen and oxygen atoms in total. The first-order chi connectivity index (χ1) is 9.59. The minimum Gasteiger partial charge on any atom is -0.464 e. The molecule has 1 N–H and O–H groups in total. The lowest BCUT2D eigenvalue weighted by molar-refractivity contribution is 0.0248. The molecular weight excluding hydrogens is 262 g/mol. The number of ether oxygens (including phenoxy) is 2. The molecular formula is C13H21N3O4. The molecule has 1 fully saturated rings. The Bertz CT molecular complexity index is 466.